The highest BCUT2D eigenvalue weighted by Gasteiger charge is 2.05. The minimum absolute atomic E-state index is 0.343. The van der Waals surface area contributed by atoms with Crippen molar-refractivity contribution < 1.29 is 10.9 Å². The summed E-state index contributed by atoms with van der Waals surface area (Å²) in [7, 11) is 0. The van der Waals surface area contributed by atoms with Crippen LogP contribution in [0.4, 0.5) is 4.39 Å². The molecule has 1 unspecified atom stereocenters. The molecule has 1 heterocycles. The quantitative estimate of drug-likeness (QED) is 0.675. The Morgan fingerprint density at radius 1 is 2.00 bits per heavy atom. The zero-order chi connectivity index (χ0) is 7.61. The first-order valence-electron chi connectivity index (χ1n) is 2.99. The summed E-state index contributed by atoms with van der Waals surface area (Å²) in [4.78, 5) is 0.343. The predicted octanol–water partition coefficient (Wildman–Crippen LogP) is 1.75. The Morgan fingerprint density at radius 3 is 3.22 bits per heavy atom. The fraction of sp³-hybridized carbons (Fsp3) is 0.333. The lowest BCUT2D eigenvalue weighted by Gasteiger charge is -1.98. The van der Waals surface area contributed by atoms with Crippen molar-refractivity contribution in [2.75, 3.05) is 6.67 Å². The fourth-order valence-electron chi connectivity index (χ4n) is 0.509. The van der Waals surface area contributed by atoms with Gasteiger partial charge in [0.2, 0.25) is 0 Å². The third kappa shape index (κ3) is 1.50. The Kier molecular flexibility index (Phi) is 1.76. The number of thiophene rings is 1. The van der Waals surface area contributed by atoms with Gasteiger partial charge in [-0.15, -0.1) is 11.3 Å². The van der Waals surface area contributed by atoms with Gasteiger partial charge in [0, 0.05) is 4.88 Å². The van der Waals surface area contributed by atoms with E-state index < -0.39 is 12.8 Å². The number of aliphatic hydroxyl groups is 1. The summed E-state index contributed by atoms with van der Waals surface area (Å²) < 4.78 is 18.9. The van der Waals surface area contributed by atoms with Crippen LogP contribution < -0.4 is 0 Å². The molecule has 1 N–H and O–H groups in total. The van der Waals surface area contributed by atoms with E-state index in [0.29, 0.717) is 4.88 Å². The van der Waals surface area contributed by atoms with Gasteiger partial charge in [0.15, 0.2) is 0 Å². The third-order valence-corrected chi connectivity index (χ3v) is 1.85. The minimum atomic E-state index is -2.03. The summed E-state index contributed by atoms with van der Waals surface area (Å²) in [5, 5.41) is 10.7. The highest BCUT2D eigenvalue weighted by Crippen LogP contribution is 2.18. The van der Waals surface area contributed by atoms with E-state index in [4.69, 9.17) is 6.48 Å². The second kappa shape index (κ2) is 2.94. The first-order chi connectivity index (χ1) is 4.67. The lowest BCUT2D eigenvalue weighted by atomic mass is 10.3. The molecular weight excluding hydrogens is 139 g/mol. The molecule has 1 rings (SSSR count). The van der Waals surface area contributed by atoms with E-state index >= 15 is 0 Å². The molecule has 0 aliphatic rings. The van der Waals surface area contributed by atoms with Crippen molar-refractivity contribution in [1.82, 2.24) is 0 Å². The number of halogens is 1. The van der Waals surface area contributed by atoms with E-state index in [0.717, 1.165) is 0 Å². The smallest absolute Gasteiger partial charge is 0.120 e. The van der Waals surface area contributed by atoms with Crippen molar-refractivity contribution in [2.24, 2.45) is 0 Å². The zero-order valence-corrected chi connectivity index (χ0v) is 5.49. The Balaban J connectivity index is 2.85. The topological polar surface area (TPSA) is 20.2 Å². The van der Waals surface area contributed by atoms with Crippen LogP contribution in [0.25, 0.3) is 0 Å². The van der Waals surface area contributed by atoms with Crippen LogP contribution in [0.2, 0.25) is 0 Å². The van der Waals surface area contributed by atoms with Gasteiger partial charge >= 0.3 is 0 Å². The molecule has 1 nitrogen and oxygen atoms in total. The van der Waals surface area contributed by atoms with Gasteiger partial charge in [-0.1, -0.05) is 6.07 Å². The number of alkyl halides is 1. The van der Waals surface area contributed by atoms with Crippen LogP contribution in [0.1, 0.15) is 12.3 Å². The van der Waals surface area contributed by atoms with Crippen LogP contribution in [0.3, 0.4) is 0 Å². The standard InChI is InChI=1S/C6H7FOS/c7-4-5(8)6-2-1-3-9-6/h1-3,5,8H,4H2/i5D. The Bertz CT molecular complexity index is 198. The molecule has 0 aliphatic carbocycles. The minimum Gasteiger partial charge on any atom is -0.385 e. The molecule has 0 saturated carbocycles. The van der Waals surface area contributed by atoms with Crippen molar-refractivity contribution in [3.05, 3.63) is 22.4 Å². The molecule has 0 fully saturated rings. The van der Waals surface area contributed by atoms with Crippen molar-refractivity contribution in [1.29, 1.82) is 0 Å². The number of hydrogen-bond acceptors (Lipinski definition) is 2. The van der Waals surface area contributed by atoms with Crippen LogP contribution >= 0.6 is 11.3 Å². The van der Waals surface area contributed by atoms with E-state index in [1.807, 2.05) is 0 Å². The average molecular weight is 147 g/mol. The van der Waals surface area contributed by atoms with Crippen LogP contribution in [0, 0.1) is 0 Å². The summed E-state index contributed by atoms with van der Waals surface area (Å²) in [6.45, 7) is -1.06. The van der Waals surface area contributed by atoms with Crippen LogP contribution in [0.5, 0.6) is 0 Å². The van der Waals surface area contributed by atoms with E-state index in [-0.39, 0.29) is 0 Å². The van der Waals surface area contributed by atoms with Gasteiger partial charge < -0.3 is 5.11 Å². The summed E-state index contributed by atoms with van der Waals surface area (Å²) in [6.07, 6.45) is -2.03. The van der Waals surface area contributed by atoms with E-state index in [2.05, 4.69) is 0 Å². The fourth-order valence-corrected chi connectivity index (χ4v) is 1.16. The van der Waals surface area contributed by atoms with Crippen molar-refractivity contribution in [3.8, 4) is 0 Å². The molecule has 3 heteroatoms. The second-order valence-corrected chi connectivity index (χ2v) is 2.51. The predicted molar refractivity (Wildman–Crippen MR) is 35.3 cm³/mol. The largest absolute Gasteiger partial charge is 0.385 e. The molecule has 0 amide bonds. The summed E-state index contributed by atoms with van der Waals surface area (Å²) >= 11 is 1.18. The molecule has 0 bridgehead atoms. The molecule has 0 aromatic carbocycles. The Labute approximate surface area is 58.2 Å². The lowest BCUT2D eigenvalue weighted by molar-refractivity contribution is 0.145. The Morgan fingerprint density at radius 2 is 2.78 bits per heavy atom. The second-order valence-electron chi connectivity index (χ2n) is 1.56. The van der Waals surface area contributed by atoms with Gasteiger partial charge in [-0.05, 0) is 11.4 Å². The van der Waals surface area contributed by atoms with Gasteiger partial charge in [0.25, 0.3) is 0 Å². The molecule has 0 aliphatic heterocycles. The van der Waals surface area contributed by atoms with Gasteiger partial charge in [-0.3, -0.25) is 0 Å². The van der Waals surface area contributed by atoms with Crippen LogP contribution in [-0.4, -0.2) is 11.8 Å². The van der Waals surface area contributed by atoms with Crippen molar-refractivity contribution in [3.63, 3.8) is 0 Å². The monoisotopic (exact) mass is 147 g/mol. The first kappa shape index (κ1) is 5.38. The normalized spacial score (nSPS) is 18.7. The number of rotatable bonds is 2. The average Bonchev–Trinajstić information content (AvgIpc) is 2.38. The molecule has 1 aromatic heterocycles. The first-order valence-corrected chi connectivity index (χ1v) is 3.37. The molecule has 0 saturated heterocycles. The van der Waals surface area contributed by atoms with Crippen LogP contribution in [0.15, 0.2) is 17.5 Å². The molecule has 0 radical (unpaired) electrons. The van der Waals surface area contributed by atoms with Gasteiger partial charge in [-0.2, -0.15) is 0 Å². The summed E-state index contributed by atoms with van der Waals surface area (Å²) in [5.41, 5.74) is 0. The van der Waals surface area contributed by atoms with Gasteiger partial charge in [0.05, 0.1) is 1.37 Å². The molecule has 1 aromatic rings. The summed E-state index contributed by atoms with van der Waals surface area (Å²) in [6, 6.07) is 3.21. The summed E-state index contributed by atoms with van der Waals surface area (Å²) in [5.74, 6) is 0. The maximum Gasteiger partial charge on any atom is 0.120 e. The zero-order valence-electron chi connectivity index (χ0n) is 5.67. The van der Waals surface area contributed by atoms with Crippen molar-refractivity contribution >= 4 is 11.3 Å². The van der Waals surface area contributed by atoms with Crippen LogP contribution in [-0.2, 0) is 0 Å². The molecule has 0 spiro atoms. The highest BCUT2D eigenvalue weighted by molar-refractivity contribution is 7.10. The Hall–Kier alpha value is -0.410. The van der Waals surface area contributed by atoms with Gasteiger partial charge in [0.1, 0.15) is 12.8 Å². The lowest BCUT2D eigenvalue weighted by Crippen LogP contribution is -1.94. The van der Waals surface area contributed by atoms with Gasteiger partial charge in [-0.25, -0.2) is 4.39 Å². The maximum atomic E-state index is 11.9. The molecule has 9 heavy (non-hydrogen) atoms. The van der Waals surface area contributed by atoms with E-state index in [1.165, 1.54) is 17.4 Å². The molecular formula is C6H7FOS. The highest BCUT2D eigenvalue weighted by atomic mass is 32.1. The molecule has 50 valence electrons. The van der Waals surface area contributed by atoms with Crippen molar-refractivity contribution in [2.45, 2.75) is 6.08 Å². The SMILES string of the molecule is [2H]C(O)(CF)c1cccs1. The molecule has 1 atom stereocenters. The maximum absolute atomic E-state index is 11.9. The van der Waals surface area contributed by atoms with E-state index in [1.54, 1.807) is 11.4 Å². The third-order valence-electron chi connectivity index (χ3n) is 0.932. The number of hydrogen-bond donors (Lipinski definition) is 1. The van der Waals surface area contributed by atoms with E-state index in [9.17, 15) is 4.39 Å².